The van der Waals surface area contributed by atoms with Gasteiger partial charge in [-0.15, -0.1) is 0 Å². The molecule has 1 fully saturated rings. The van der Waals surface area contributed by atoms with Crippen LogP contribution in [0.3, 0.4) is 0 Å². The Bertz CT molecular complexity index is 238. The highest BCUT2D eigenvalue weighted by Crippen LogP contribution is 2.18. The van der Waals surface area contributed by atoms with E-state index in [4.69, 9.17) is 4.74 Å². The van der Waals surface area contributed by atoms with E-state index in [0.717, 1.165) is 19.0 Å². The van der Waals surface area contributed by atoms with Gasteiger partial charge in [0.25, 0.3) is 0 Å². The van der Waals surface area contributed by atoms with E-state index in [9.17, 15) is 4.79 Å². The third-order valence-corrected chi connectivity index (χ3v) is 3.08. The smallest absolute Gasteiger partial charge is 0.330 e. The molecule has 0 bridgehead atoms. The average Bonchev–Trinajstić information content (AvgIpc) is 2.30. The van der Waals surface area contributed by atoms with Crippen molar-refractivity contribution in [2.75, 3.05) is 26.2 Å². The molecule has 0 spiro atoms. The van der Waals surface area contributed by atoms with Crippen LogP contribution in [0.15, 0.2) is 12.2 Å². The first kappa shape index (κ1) is 13.2. The van der Waals surface area contributed by atoms with Gasteiger partial charge in [0.05, 0.1) is 6.61 Å². The minimum absolute atomic E-state index is 0.230. The molecule has 0 aromatic carbocycles. The Morgan fingerprint density at radius 3 is 3.00 bits per heavy atom. The summed E-state index contributed by atoms with van der Waals surface area (Å²) < 4.78 is 4.83. The third kappa shape index (κ3) is 4.79. The number of likely N-dealkylation sites (tertiary alicyclic amines) is 1. The van der Waals surface area contributed by atoms with E-state index in [2.05, 4.69) is 11.8 Å². The molecular formula is C13H23NO2. The van der Waals surface area contributed by atoms with Crippen molar-refractivity contribution in [2.45, 2.75) is 33.1 Å². The highest BCUT2D eigenvalue weighted by Gasteiger charge is 2.16. The molecule has 1 unspecified atom stereocenters. The molecule has 0 aromatic heterocycles. The molecule has 0 aromatic rings. The summed E-state index contributed by atoms with van der Waals surface area (Å²) in [7, 11) is 0. The second-order valence-electron chi connectivity index (χ2n) is 4.33. The van der Waals surface area contributed by atoms with Crippen LogP contribution in [0.25, 0.3) is 0 Å². The normalized spacial score (nSPS) is 22.5. The zero-order chi connectivity index (χ0) is 11.8. The number of ether oxygens (including phenoxy) is 1. The number of carbonyl (C=O) groups excluding carboxylic acids is 1. The van der Waals surface area contributed by atoms with E-state index >= 15 is 0 Å². The Kier molecular flexibility index (Phi) is 6.16. The van der Waals surface area contributed by atoms with Gasteiger partial charge in [0.2, 0.25) is 0 Å². The molecule has 1 aliphatic heterocycles. The maximum atomic E-state index is 11.1. The zero-order valence-corrected chi connectivity index (χ0v) is 10.4. The Balaban J connectivity index is 2.23. The molecule has 1 atom stereocenters. The van der Waals surface area contributed by atoms with E-state index in [1.165, 1.54) is 25.8 Å². The standard InChI is InChI=1S/C13H23NO2/c1-3-12-7-5-9-14(11-12)10-6-8-13(15)16-4-2/h6,8,12H,3-5,7,9-11H2,1-2H3. The summed E-state index contributed by atoms with van der Waals surface area (Å²) in [6.45, 7) is 7.72. The molecule has 0 N–H and O–H groups in total. The number of hydrogen-bond donors (Lipinski definition) is 0. The van der Waals surface area contributed by atoms with Gasteiger partial charge in [-0.1, -0.05) is 19.4 Å². The Labute approximate surface area is 98.5 Å². The van der Waals surface area contributed by atoms with Crippen molar-refractivity contribution in [3.8, 4) is 0 Å². The molecule has 1 saturated heterocycles. The lowest BCUT2D eigenvalue weighted by Crippen LogP contribution is -2.35. The van der Waals surface area contributed by atoms with Crippen molar-refractivity contribution in [1.29, 1.82) is 0 Å². The number of rotatable bonds is 5. The lowest BCUT2D eigenvalue weighted by atomic mass is 9.96. The summed E-state index contributed by atoms with van der Waals surface area (Å²) in [6, 6.07) is 0. The number of nitrogens with zero attached hydrogens (tertiary/aromatic N) is 1. The molecule has 0 aliphatic carbocycles. The molecule has 1 aliphatic rings. The third-order valence-electron chi connectivity index (χ3n) is 3.08. The molecule has 92 valence electrons. The highest BCUT2D eigenvalue weighted by molar-refractivity contribution is 5.81. The van der Waals surface area contributed by atoms with Gasteiger partial charge in [-0.25, -0.2) is 4.79 Å². The van der Waals surface area contributed by atoms with Crippen LogP contribution in [0.2, 0.25) is 0 Å². The van der Waals surface area contributed by atoms with Crippen LogP contribution in [-0.2, 0) is 9.53 Å². The van der Waals surface area contributed by atoms with Crippen LogP contribution in [0.1, 0.15) is 33.1 Å². The van der Waals surface area contributed by atoms with Crippen LogP contribution < -0.4 is 0 Å². The molecule has 1 rings (SSSR count). The van der Waals surface area contributed by atoms with Crippen LogP contribution in [0, 0.1) is 5.92 Å². The first-order chi connectivity index (χ1) is 7.76. The first-order valence-corrected chi connectivity index (χ1v) is 6.31. The molecule has 0 saturated carbocycles. The van der Waals surface area contributed by atoms with Crippen LogP contribution in [0.5, 0.6) is 0 Å². The molecular weight excluding hydrogens is 202 g/mol. The maximum Gasteiger partial charge on any atom is 0.330 e. The van der Waals surface area contributed by atoms with Gasteiger partial charge in [-0.05, 0) is 32.2 Å². The fourth-order valence-electron chi connectivity index (χ4n) is 2.14. The zero-order valence-electron chi connectivity index (χ0n) is 10.4. The number of piperidine rings is 1. The molecule has 3 heteroatoms. The summed E-state index contributed by atoms with van der Waals surface area (Å²) in [5, 5.41) is 0. The van der Waals surface area contributed by atoms with E-state index in [-0.39, 0.29) is 5.97 Å². The minimum atomic E-state index is -0.230. The van der Waals surface area contributed by atoms with Gasteiger partial charge in [0, 0.05) is 19.2 Å². The summed E-state index contributed by atoms with van der Waals surface area (Å²) in [5.41, 5.74) is 0. The molecule has 1 heterocycles. The Morgan fingerprint density at radius 1 is 1.50 bits per heavy atom. The molecule has 0 radical (unpaired) electrons. The fourth-order valence-corrected chi connectivity index (χ4v) is 2.14. The summed E-state index contributed by atoms with van der Waals surface area (Å²) in [6.07, 6.45) is 7.35. The first-order valence-electron chi connectivity index (χ1n) is 6.31. The predicted octanol–water partition coefficient (Wildman–Crippen LogP) is 2.23. The monoisotopic (exact) mass is 225 g/mol. The number of hydrogen-bond acceptors (Lipinski definition) is 3. The molecule has 3 nitrogen and oxygen atoms in total. The van der Waals surface area contributed by atoms with Crippen molar-refractivity contribution in [3.05, 3.63) is 12.2 Å². The van der Waals surface area contributed by atoms with Crippen LogP contribution >= 0.6 is 0 Å². The van der Waals surface area contributed by atoms with Gasteiger partial charge in [-0.2, -0.15) is 0 Å². The number of carbonyl (C=O) groups is 1. The number of esters is 1. The van der Waals surface area contributed by atoms with Gasteiger partial charge >= 0.3 is 5.97 Å². The summed E-state index contributed by atoms with van der Waals surface area (Å²) in [5.74, 6) is 0.608. The summed E-state index contributed by atoms with van der Waals surface area (Å²) >= 11 is 0. The highest BCUT2D eigenvalue weighted by atomic mass is 16.5. The Morgan fingerprint density at radius 2 is 2.31 bits per heavy atom. The van der Waals surface area contributed by atoms with Gasteiger partial charge in [0.1, 0.15) is 0 Å². The fraction of sp³-hybridized carbons (Fsp3) is 0.769. The largest absolute Gasteiger partial charge is 0.463 e. The summed E-state index contributed by atoms with van der Waals surface area (Å²) in [4.78, 5) is 13.5. The lowest BCUT2D eigenvalue weighted by Gasteiger charge is -2.31. The van der Waals surface area contributed by atoms with Crippen molar-refractivity contribution in [1.82, 2.24) is 4.90 Å². The van der Waals surface area contributed by atoms with Gasteiger partial charge in [0.15, 0.2) is 0 Å². The molecule has 16 heavy (non-hydrogen) atoms. The van der Waals surface area contributed by atoms with E-state index in [0.29, 0.717) is 6.61 Å². The minimum Gasteiger partial charge on any atom is -0.463 e. The lowest BCUT2D eigenvalue weighted by molar-refractivity contribution is -0.137. The van der Waals surface area contributed by atoms with Crippen molar-refractivity contribution < 1.29 is 9.53 Å². The SMILES string of the molecule is CCOC(=O)C=CCN1CCCC(CC)C1. The quantitative estimate of drug-likeness (QED) is 0.531. The van der Waals surface area contributed by atoms with E-state index in [1.54, 1.807) is 6.08 Å². The van der Waals surface area contributed by atoms with Gasteiger partial charge in [-0.3, -0.25) is 4.90 Å². The predicted molar refractivity (Wildman–Crippen MR) is 65.2 cm³/mol. The Hall–Kier alpha value is -0.830. The second kappa shape index (κ2) is 7.44. The average molecular weight is 225 g/mol. The van der Waals surface area contributed by atoms with Crippen molar-refractivity contribution in [3.63, 3.8) is 0 Å². The van der Waals surface area contributed by atoms with Crippen LogP contribution in [-0.4, -0.2) is 37.1 Å². The maximum absolute atomic E-state index is 11.1. The van der Waals surface area contributed by atoms with Crippen LogP contribution in [0.4, 0.5) is 0 Å². The second-order valence-corrected chi connectivity index (χ2v) is 4.33. The topological polar surface area (TPSA) is 29.5 Å². The van der Waals surface area contributed by atoms with E-state index in [1.807, 2.05) is 13.0 Å². The van der Waals surface area contributed by atoms with Gasteiger partial charge < -0.3 is 4.74 Å². The molecule has 0 amide bonds. The van der Waals surface area contributed by atoms with E-state index < -0.39 is 0 Å². The van der Waals surface area contributed by atoms with Crippen molar-refractivity contribution in [2.24, 2.45) is 5.92 Å². The van der Waals surface area contributed by atoms with Crippen molar-refractivity contribution >= 4 is 5.97 Å².